The molecule has 158 valence electrons. The molecule has 0 saturated heterocycles. The maximum atomic E-state index is 13.0. The van der Waals surface area contributed by atoms with Crippen molar-refractivity contribution < 1.29 is 13.2 Å². The van der Waals surface area contributed by atoms with E-state index in [9.17, 15) is 13.2 Å². The maximum absolute atomic E-state index is 13.0. The van der Waals surface area contributed by atoms with Crippen molar-refractivity contribution in [3.63, 3.8) is 0 Å². The summed E-state index contributed by atoms with van der Waals surface area (Å²) in [6, 6.07) is 22.1. The monoisotopic (exact) mass is 433 g/mol. The largest absolute Gasteiger partial charge is 0.339 e. The van der Waals surface area contributed by atoms with Crippen LogP contribution in [0.15, 0.2) is 77.7 Å². The second-order valence-electron chi connectivity index (χ2n) is 7.93. The molecule has 1 amide bonds. The third kappa shape index (κ3) is 4.06. The minimum atomic E-state index is -3.62. The summed E-state index contributed by atoms with van der Waals surface area (Å²) in [6.45, 7) is 0.840. The van der Waals surface area contributed by atoms with E-state index < -0.39 is 10.0 Å². The Morgan fingerprint density at radius 1 is 0.903 bits per heavy atom. The van der Waals surface area contributed by atoms with E-state index in [0.29, 0.717) is 11.3 Å². The fourth-order valence-electron chi connectivity index (χ4n) is 3.89. The molecule has 0 spiro atoms. The first-order chi connectivity index (χ1) is 15.0. The number of benzene rings is 3. The molecule has 0 atom stereocenters. The van der Waals surface area contributed by atoms with Gasteiger partial charge in [0.05, 0.1) is 16.3 Å². The summed E-state index contributed by atoms with van der Waals surface area (Å²) in [7, 11) is -3.62. The molecule has 1 fully saturated rings. The molecule has 6 nitrogen and oxygen atoms in total. The van der Waals surface area contributed by atoms with E-state index in [2.05, 4.69) is 27.1 Å². The van der Waals surface area contributed by atoms with E-state index in [1.54, 1.807) is 12.1 Å². The number of nitrogens with zero attached hydrogens (tertiary/aromatic N) is 1. The van der Waals surface area contributed by atoms with Gasteiger partial charge < -0.3 is 10.2 Å². The molecule has 7 heteroatoms. The average Bonchev–Trinajstić information content (AvgIpc) is 3.48. The Labute approximate surface area is 182 Å². The van der Waals surface area contributed by atoms with Gasteiger partial charge in [0.1, 0.15) is 0 Å². The van der Waals surface area contributed by atoms with Gasteiger partial charge in [-0.15, -0.1) is 0 Å². The van der Waals surface area contributed by atoms with Gasteiger partial charge in [0.2, 0.25) is 10.0 Å². The Kier molecular flexibility index (Phi) is 5.00. The van der Waals surface area contributed by atoms with Crippen LogP contribution in [0.5, 0.6) is 0 Å². The summed E-state index contributed by atoms with van der Waals surface area (Å²) >= 11 is 0. The minimum Gasteiger partial charge on any atom is -0.339 e. The van der Waals surface area contributed by atoms with Crippen molar-refractivity contribution >= 4 is 33.0 Å². The van der Waals surface area contributed by atoms with Crippen molar-refractivity contribution in [2.24, 2.45) is 0 Å². The topological polar surface area (TPSA) is 78.5 Å². The molecule has 0 bridgehead atoms. The van der Waals surface area contributed by atoms with Crippen molar-refractivity contribution in [1.82, 2.24) is 4.72 Å². The van der Waals surface area contributed by atoms with Gasteiger partial charge in [-0.1, -0.05) is 36.4 Å². The molecule has 1 heterocycles. The van der Waals surface area contributed by atoms with Crippen LogP contribution >= 0.6 is 0 Å². The van der Waals surface area contributed by atoms with Crippen LogP contribution in [0.25, 0.3) is 0 Å². The highest BCUT2D eigenvalue weighted by molar-refractivity contribution is 7.89. The molecule has 2 aliphatic rings. The smallest absolute Gasteiger partial charge is 0.255 e. The molecule has 3 aromatic carbocycles. The Bertz CT molecular complexity index is 1250. The first-order valence-electron chi connectivity index (χ1n) is 10.4. The van der Waals surface area contributed by atoms with Gasteiger partial charge in [-0.2, -0.15) is 0 Å². The van der Waals surface area contributed by atoms with Gasteiger partial charge in [-0.3, -0.25) is 4.79 Å². The molecule has 3 aromatic rings. The minimum absolute atomic E-state index is 0.0118. The second-order valence-corrected chi connectivity index (χ2v) is 9.64. The Morgan fingerprint density at radius 2 is 1.65 bits per heavy atom. The van der Waals surface area contributed by atoms with Crippen LogP contribution in [0.3, 0.4) is 0 Å². The van der Waals surface area contributed by atoms with E-state index in [4.69, 9.17) is 0 Å². The highest BCUT2D eigenvalue weighted by atomic mass is 32.2. The fourth-order valence-corrected chi connectivity index (χ4v) is 5.24. The van der Waals surface area contributed by atoms with E-state index in [0.717, 1.165) is 37.2 Å². The van der Waals surface area contributed by atoms with Gasteiger partial charge in [-0.25, -0.2) is 13.1 Å². The van der Waals surface area contributed by atoms with Crippen molar-refractivity contribution in [2.75, 3.05) is 16.8 Å². The van der Waals surface area contributed by atoms with Crippen molar-refractivity contribution in [2.45, 2.75) is 30.2 Å². The Morgan fingerprint density at radius 3 is 2.45 bits per heavy atom. The molecule has 1 aliphatic heterocycles. The number of hydrogen-bond donors (Lipinski definition) is 2. The molecule has 0 unspecified atom stereocenters. The highest BCUT2D eigenvalue weighted by Crippen LogP contribution is 2.38. The van der Waals surface area contributed by atoms with E-state index >= 15 is 0 Å². The lowest BCUT2D eigenvalue weighted by Crippen LogP contribution is -2.26. The lowest BCUT2D eigenvalue weighted by Gasteiger charge is -2.23. The number of hydrogen-bond acceptors (Lipinski definition) is 4. The fraction of sp³-hybridized carbons (Fsp3) is 0.208. The number of nitrogens with one attached hydrogen (secondary N) is 2. The van der Waals surface area contributed by atoms with Crippen LogP contribution < -0.4 is 14.9 Å². The van der Waals surface area contributed by atoms with Crippen LogP contribution in [0.2, 0.25) is 0 Å². The first kappa shape index (κ1) is 19.8. The quantitative estimate of drug-likeness (QED) is 0.614. The summed E-state index contributed by atoms with van der Waals surface area (Å²) in [5.74, 6) is -0.344. The third-order valence-electron chi connectivity index (χ3n) is 5.64. The molecule has 2 N–H and O–H groups in total. The summed E-state index contributed by atoms with van der Waals surface area (Å²) in [5.41, 5.74) is 4.33. The van der Waals surface area contributed by atoms with E-state index in [-0.39, 0.29) is 16.8 Å². The van der Waals surface area contributed by atoms with Gasteiger partial charge in [0, 0.05) is 23.8 Å². The summed E-state index contributed by atoms with van der Waals surface area (Å²) in [6.07, 6.45) is 2.66. The molecule has 0 aromatic heterocycles. The van der Waals surface area contributed by atoms with Gasteiger partial charge in [-0.05, 0) is 61.2 Å². The van der Waals surface area contributed by atoms with Crippen LogP contribution in [0, 0.1) is 0 Å². The van der Waals surface area contributed by atoms with Crippen molar-refractivity contribution in [3.05, 3.63) is 83.9 Å². The average molecular weight is 434 g/mol. The molecule has 0 radical (unpaired) electrons. The lowest BCUT2D eigenvalue weighted by molar-refractivity contribution is 0.102. The zero-order chi connectivity index (χ0) is 21.4. The zero-order valence-electron chi connectivity index (χ0n) is 16.9. The number of rotatable bonds is 6. The van der Waals surface area contributed by atoms with Gasteiger partial charge >= 0.3 is 0 Å². The maximum Gasteiger partial charge on any atom is 0.255 e. The second kappa shape index (κ2) is 7.83. The van der Waals surface area contributed by atoms with Crippen molar-refractivity contribution in [3.8, 4) is 0 Å². The number of carbonyl (C=O) groups is 1. The summed E-state index contributed by atoms with van der Waals surface area (Å²) < 4.78 is 27.7. The van der Waals surface area contributed by atoms with E-state index in [1.807, 2.05) is 36.4 Å². The number of anilines is 3. The number of sulfonamides is 1. The molecule has 5 rings (SSSR count). The summed E-state index contributed by atoms with van der Waals surface area (Å²) in [4.78, 5) is 15.3. The molecule has 1 aliphatic carbocycles. The predicted octanol–water partition coefficient (Wildman–Crippen LogP) is 4.07. The number of amides is 1. The molecular weight excluding hydrogens is 410 g/mol. The Hall–Kier alpha value is -3.16. The van der Waals surface area contributed by atoms with Crippen LogP contribution in [-0.2, 0) is 16.4 Å². The number of carbonyl (C=O) groups excluding carboxylic acids is 1. The lowest BCUT2D eigenvalue weighted by atomic mass is 10.1. The van der Waals surface area contributed by atoms with Gasteiger partial charge in [0.15, 0.2) is 0 Å². The SMILES string of the molecule is O=C(Nc1ccccc1N1CCc2ccccc21)c1cccc(S(=O)(=O)NC2CC2)c1. The standard InChI is InChI=1S/C24H23N3O3S/c28-24(18-7-5-8-20(16-18)31(29,30)26-19-12-13-19)25-21-9-2-4-11-23(21)27-15-14-17-6-1-3-10-22(17)27/h1-11,16,19,26H,12-15H2,(H,25,28). The van der Waals surface area contributed by atoms with Crippen LogP contribution in [0.4, 0.5) is 17.1 Å². The van der Waals surface area contributed by atoms with E-state index in [1.165, 1.54) is 17.7 Å². The zero-order valence-corrected chi connectivity index (χ0v) is 17.7. The highest BCUT2D eigenvalue weighted by Gasteiger charge is 2.28. The Balaban J connectivity index is 1.40. The third-order valence-corrected chi connectivity index (χ3v) is 7.15. The van der Waals surface area contributed by atoms with Gasteiger partial charge in [0.25, 0.3) is 5.91 Å². The molecule has 31 heavy (non-hydrogen) atoms. The summed E-state index contributed by atoms with van der Waals surface area (Å²) in [5, 5.41) is 2.97. The normalized spacial score (nSPS) is 15.5. The predicted molar refractivity (Wildman–Crippen MR) is 121 cm³/mol. The van der Waals surface area contributed by atoms with Crippen LogP contribution in [-0.4, -0.2) is 26.9 Å². The number of fused-ring (bicyclic) bond motifs is 1. The molecule has 1 saturated carbocycles. The van der Waals surface area contributed by atoms with Crippen molar-refractivity contribution in [1.29, 1.82) is 0 Å². The molecular formula is C24H23N3O3S. The van der Waals surface area contributed by atoms with Crippen LogP contribution in [0.1, 0.15) is 28.8 Å². The first-order valence-corrected chi connectivity index (χ1v) is 11.9. The number of para-hydroxylation sites is 3.